The third-order valence-electron chi connectivity index (χ3n) is 4.75. The predicted octanol–water partition coefficient (Wildman–Crippen LogP) is 6.22. The third-order valence-corrected chi connectivity index (χ3v) is 5.27. The lowest BCUT2D eigenvalue weighted by molar-refractivity contribution is 0.253. The number of benzene rings is 3. The Balaban J connectivity index is 1.54. The number of carbonyl (C=O) groups is 2. The molecule has 9 heteroatoms. The van der Waals surface area contributed by atoms with Gasteiger partial charge in [-0.15, -0.1) is 0 Å². The van der Waals surface area contributed by atoms with Crippen molar-refractivity contribution in [3.05, 3.63) is 82.6 Å². The van der Waals surface area contributed by atoms with Crippen molar-refractivity contribution in [1.29, 1.82) is 0 Å². The smallest absolute Gasteiger partial charge is 0.307 e. The number of anilines is 4. The van der Waals surface area contributed by atoms with Crippen molar-refractivity contribution in [3.8, 4) is 0 Å². The first-order chi connectivity index (χ1) is 14.9. The maximum atomic E-state index is 13.4. The highest BCUT2D eigenvalue weighted by molar-refractivity contribution is 6.31. The molecule has 3 aromatic carbocycles. The second-order valence-electron chi connectivity index (χ2n) is 6.79. The molecule has 0 fully saturated rings. The van der Waals surface area contributed by atoms with Crippen LogP contribution in [0.25, 0.3) is 0 Å². The molecule has 31 heavy (non-hydrogen) atoms. The number of nitrogens with one attached hydrogen (secondary N) is 2. The average molecular weight is 459 g/mol. The van der Waals surface area contributed by atoms with Gasteiger partial charge in [-0.25, -0.2) is 14.0 Å². The Morgan fingerprint density at radius 1 is 0.774 bits per heavy atom. The first-order valence-corrected chi connectivity index (χ1v) is 10.1. The average Bonchev–Trinajstić information content (AvgIpc) is 2.75. The molecule has 0 aliphatic carbocycles. The normalized spacial score (nSPS) is 12.9. The highest BCUT2D eigenvalue weighted by atomic mass is 35.5. The second-order valence-corrected chi connectivity index (χ2v) is 7.64. The zero-order valence-electron chi connectivity index (χ0n) is 16.1. The van der Waals surface area contributed by atoms with Crippen LogP contribution in [0.5, 0.6) is 0 Å². The summed E-state index contributed by atoms with van der Waals surface area (Å²) in [7, 11) is 0. The maximum Gasteiger partial charge on any atom is 0.326 e. The van der Waals surface area contributed by atoms with E-state index >= 15 is 0 Å². The number of fused-ring (bicyclic) bond motifs is 1. The quantitative estimate of drug-likeness (QED) is 0.478. The summed E-state index contributed by atoms with van der Waals surface area (Å²) in [6, 6.07) is 17.2. The van der Waals surface area contributed by atoms with Crippen LogP contribution < -0.4 is 20.4 Å². The summed E-state index contributed by atoms with van der Waals surface area (Å²) in [5.74, 6) is -0.565. The summed E-state index contributed by atoms with van der Waals surface area (Å²) in [4.78, 5) is 28.8. The van der Waals surface area contributed by atoms with Gasteiger partial charge in [0.2, 0.25) is 0 Å². The van der Waals surface area contributed by atoms with Gasteiger partial charge in [-0.05, 0) is 48.5 Å². The fourth-order valence-corrected chi connectivity index (χ4v) is 3.68. The van der Waals surface area contributed by atoms with Crippen LogP contribution in [-0.2, 0) is 0 Å². The van der Waals surface area contributed by atoms with E-state index in [1.807, 2.05) is 0 Å². The van der Waals surface area contributed by atoms with E-state index in [9.17, 15) is 14.0 Å². The van der Waals surface area contributed by atoms with Crippen molar-refractivity contribution < 1.29 is 14.0 Å². The van der Waals surface area contributed by atoms with Crippen molar-refractivity contribution in [2.24, 2.45) is 0 Å². The van der Waals surface area contributed by atoms with E-state index in [-0.39, 0.29) is 24.1 Å². The molecule has 4 rings (SSSR count). The van der Waals surface area contributed by atoms with Gasteiger partial charge in [-0.3, -0.25) is 9.80 Å². The number of nitrogens with zero attached hydrogens (tertiary/aromatic N) is 2. The van der Waals surface area contributed by atoms with Crippen molar-refractivity contribution in [1.82, 2.24) is 0 Å². The molecule has 2 N–H and O–H groups in total. The Morgan fingerprint density at radius 2 is 1.35 bits per heavy atom. The largest absolute Gasteiger partial charge is 0.326 e. The fraction of sp³-hybridized carbons (Fsp3) is 0.0909. The van der Waals surface area contributed by atoms with Crippen molar-refractivity contribution in [3.63, 3.8) is 0 Å². The molecule has 3 aromatic rings. The number of rotatable bonds is 2. The van der Waals surface area contributed by atoms with E-state index in [0.29, 0.717) is 27.8 Å². The molecule has 0 atom stereocenters. The van der Waals surface area contributed by atoms with Crippen LogP contribution in [-0.4, -0.2) is 25.2 Å². The monoisotopic (exact) mass is 458 g/mol. The number of carbonyl (C=O) groups excluding carboxylic acids is 2. The van der Waals surface area contributed by atoms with Gasteiger partial charge in [0.25, 0.3) is 0 Å². The Bertz CT molecular complexity index is 1160. The topological polar surface area (TPSA) is 64.7 Å². The summed E-state index contributed by atoms with van der Waals surface area (Å²) >= 11 is 11.8. The Morgan fingerprint density at radius 3 is 1.90 bits per heavy atom. The molecule has 1 aliphatic heterocycles. The Labute approximate surface area is 188 Å². The van der Waals surface area contributed by atoms with Gasteiger partial charge in [-0.2, -0.15) is 0 Å². The molecule has 0 radical (unpaired) electrons. The zero-order chi connectivity index (χ0) is 22.0. The summed E-state index contributed by atoms with van der Waals surface area (Å²) in [6.07, 6.45) is 0. The van der Waals surface area contributed by atoms with Crippen LogP contribution in [0.2, 0.25) is 10.0 Å². The van der Waals surface area contributed by atoms with E-state index in [0.717, 1.165) is 0 Å². The van der Waals surface area contributed by atoms with Crippen LogP contribution in [0.1, 0.15) is 0 Å². The molecule has 0 saturated heterocycles. The summed E-state index contributed by atoms with van der Waals surface area (Å²) in [6.45, 7) is 0.543. The summed E-state index contributed by atoms with van der Waals surface area (Å²) < 4.78 is 13.4. The van der Waals surface area contributed by atoms with Gasteiger partial charge in [0.1, 0.15) is 5.82 Å². The lowest BCUT2D eigenvalue weighted by Crippen LogP contribution is -2.49. The maximum absolute atomic E-state index is 13.4. The van der Waals surface area contributed by atoms with Crippen LogP contribution in [0, 0.1) is 5.82 Å². The molecule has 1 heterocycles. The van der Waals surface area contributed by atoms with Gasteiger partial charge < -0.3 is 10.6 Å². The van der Waals surface area contributed by atoms with E-state index in [1.54, 1.807) is 53.4 Å². The Kier molecular flexibility index (Phi) is 5.97. The number of hydrogen-bond donors (Lipinski definition) is 2. The number of amides is 4. The van der Waals surface area contributed by atoms with E-state index < -0.39 is 11.8 Å². The van der Waals surface area contributed by atoms with Crippen LogP contribution >= 0.6 is 23.2 Å². The first kappa shape index (κ1) is 21.0. The molecule has 1 aliphatic rings. The van der Waals surface area contributed by atoms with E-state index in [4.69, 9.17) is 23.2 Å². The summed E-state index contributed by atoms with van der Waals surface area (Å²) in [5.41, 5.74) is 2.10. The van der Waals surface area contributed by atoms with Crippen molar-refractivity contribution in [2.75, 3.05) is 33.5 Å². The Hall–Kier alpha value is -3.29. The molecule has 6 nitrogen and oxygen atoms in total. The first-order valence-electron chi connectivity index (χ1n) is 9.39. The van der Waals surface area contributed by atoms with Gasteiger partial charge in [0.15, 0.2) is 0 Å². The zero-order valence-corrected chi connectivity index (χ0v) is 17.6. The molecule has 158 valence electrons. The molecular weight excluding hydrogens is 442 g/mol. The molecular formula is C22H17Cl2FN4O2. The third kappa shape index (κ3) is 4.57. The summed E-state index contributed by atoms with van der Waals surface area (Å²) in [5, 5.41) is 5.97. The number of para-hydroxylation sites is 2. The molecule has 0 spiro atoms. The minimum atomic E-state index is -0.565. The molecule has 0 bridgehead atoms. The molecule has 4 amide bonds. The van der Waals surface area contributed by atoms with Crippen LogP contribution in [0.3, 0.4) is 0 Å². The van der Waals surface area contributed by atoms with E-state index in [1.165, 1.54) is 23.1 Å². The minimum Gasteiger partial charge on any atom is -0.307 e. The van der Waals surface area contributed by atoms with Crippen LogP contribution in [0.4, 0.5) is 36.7 Å². The van der Waals surface area contributed by atoms with Gasteiger partial charge in [0.05, 0.1) is 16.4 Å². The number of halogens is 3. The lowest BCUT2D eigenvalue weighted by atomic mass is 10.1. The van der Waals surface area contributed by atoms with Crippen molar-refractivity contribution >= 4 is 58.0 Å². The molecule has 0 unspecified atom stereocenters. The van der Waals surface area contributed by atoms with Gasteiger partial charge >= 0.3 is 12.1 Å². The number of urea groups is 2. The highest BCUT2D eigenvalue weighted by Gasteiger charge is 2.30. The highest BCUT2D eigenvalue weighted by Crippen LogP contribution is 2.34. The van der Waals surface area contributed by atoms with Crippen molar-refractivity contribution in [2.45, 2.75) is 0 Å². The van der Waals surface area contributed by atoms with E-state index in [2.05, 4.69) is 10.6 Å². The fourth-order valence-electron chi connectivity index (χ4n) is 3.31. The second kappa shape index (κ2) is 8.83. The lowest BCUT2D eigenvalue weighted by Gasteiger charge is -2.36. The number of hydrogen-bond acceptors (Lipinski definition) is 2. The van der Waals surface area contributed by atoms with Crippen LogP contribution in [0.15, 0.2) is 66.7 Å². The predicted molar refractivity (Wildman–Crippen MR) is 122 cm³/mol. The minimum absolute atomic E-state index is 0.0827. The SMILES string of the molecule is O=C(Nc1cccc(Cl)c1)N1CCN(C(=O)Nc2ccc(F)c(Cl)c2)c2ccccc21. The standard InChI is InChI=1S/C22H17Cl2FN4O2/c23-14-4-3-5-15(12-14)26-21(30)28-10-11-29(20-7-2-1-6-19(20)28)22(31)27-16-8-9-18(25)17(24)13-16/h1-9,12-13H,10-11H2,(H,26,30)(H,27,31). The molecule has 0 aromatic heterocycles. The molecule has 0 saturated carbocycles. The van der Waals surface area contributed by atoms with Gasteiger partial charge in [0, 0.05) is 29.5 Å². The van der Waals surface area contributed by atoms with Gasteiger partial charge in [-0.1, -0.05) is 41.4 Å².